The molecule has 1 amide bonds. The number of ether oxygens (including phenoxy) is 3. The number of aromatic hydroxyl groups is 1. The molecular formula is C17H23NO6. The van der Waals surface area contributed by atoms with Crippen molar-refractivity contribution in [1.29, 1.82) is 0 Å². The predicted octanol–water partition coefficient (Wildman–Crippen LogP) is 2.61. The van der Waals surface area contributed by atoms with Crippen LogP contribution >= 0.6 is 0 Å². The first-order valence-electron chi connectivity index (χ1n) is 7.75. The quantitative estimate of drug-likeness (QED) is 0.820. The van der Waals surface area contributed by atoms with E-state index in [1.807, 2.05) is 0 Å². The maximum Gasteiger partial charge on any atom is 0.407 e. The molecule has 24 heavy (non-hydrogen) atoms. The van der Waals surface area contributed by atoms with Crippen LogP contribution in [0.5, 0.6) is 11.5 Å². The predicted molar refractivity (Wildman–Crippen MR) is 86.3 cm³/mol. The molecule has 7 heteroatoms. The molecule has 0 heterocycles. The molecule has 0 bridgehead atoms. The lowest BCUT2D eigenvalue weighted by molar-refractivity contribution is 0.0357. The minimum Gasteiger partial charge on any atom is -0.504 e. The second-order valence-corrected chi connectivity index (χ2v) is 6.73. The molecule has 1 saturated carbocycles. The number of hydrogen-bond donors (Lipinski definition) is 2. The van der Waals surface area contributed by atoms with E-state index in [0.717, 1.165) is 0 Å². The van der Waals surface area contributed by atoms with E-state index in [1.165, 1.54) is 25.3 Å². The molecule has 0 aliphatic heterocycles. The number of alkyl carbamates (subject to hydrolysis) is 1. The molecule has 7 nitrogen and oxygen atoms in total. The van der Waals surface area contributed by atoms with Crippen molar-refractivity contribution in [3.8, 4) is 11.5 Å². The Kier molecular flexibility index (Phi) is 5.21. The van der Waals surface area contributed by atoms with Gasteiger partial charge in [0.05, 0.1) is 12.7 Å². The van der Waals surface area contributed by atoms with E-state index in [9.17, 15) is 14.7 Å². The smallest absolute Gasteiger partial charge is 0.407 e. The van der Waals surface area contributed by atoms with Crippen LogP contribution in [0.15, 0.2) is 18.2 Å². The molecule has 2 rings (SSSR count). The molecule has 0 radical (unpaired) electrons. The van der Waals surface area contributed by atoms with Gasteiger partial charge in [0, 0.05) is 18.9 Å². The number of rotatable bonds is 4. The number of methoxy groups -OCH3 is 1. The summed E-state index contributed by atoms with van der Waals surface area (Å²) in [5, 5.41) is 12.7. The third-order valence-corrected chi connectivity index (χ3v) is 3.49. The first-order valence-corrected chi connectivity index (χ1v) is 7.75. The molecule has 1 aliphatic rings. The topological polar surface area (TPSA) is 94.1 Å². The van der Waals surface area contributed by atoms with Crippen LogP contribution in [0.25, 0.3) is 0 Å². The monoisotopic (exact) mass is 337 g/mol. The van der Waals surface area contributed by atoms with Gasteiger partial charge in [0.2, 0.25) is 0 Å². The van der Waals surface area contributed by atoms with Gasteiger partial charge in [-0.3, -0.25) is 0 Å². The van der Waals surface area contributed by atoms with E-state index < -0.39 is 17.7 Å². The van der Waals surface area contributed by atoms with Crippen LogP contribution in [0.4, 0.5) is 4.79 Å². The van der Waals surface area contributed by atoms with Gasteiger partial charge in [-0.2, -0.15) is 0 Å². The fraction of sp³-hybridized carbons (Fsp3) is 0.529. The summed E-state index contributed by atoms with van der Waals surface area (Å²) >= 11 is 0. The van der Waals surface area contributed by atoms with E-state index in [0.29, 0.717) is 18.6 Å². The van der Waals surface area contributed by atoms with Crippen LogP contribution in [-0.4, -0.2) is 42.0 Å². The van der Waals surface area contributed by atoms with Gasteiger partial charge in [0.1, 0.15) is 11.7 Å². The number of phenolic OH excluding ortho intramolecular Hbond substituents is 1. The Bertz CT molecular complexity index is 616. The van der Waals surface area contributed by atoms with Gasteiger partial charge >= 0.3 is 12.1 Å². The molecule has 2 N–H and O–H groups in total. The van der Waals surface area contributed by atoms with E-state index in [2.05, 4.69) is 10.1 Å². The van der Waals surface area contributed by atoms with Crippen LogP contribution in [-0.2, 0) is 9.47 Å². The number of amides is 1. The minimum absolute atomic E-state index is 0.0127. The van der Waals surface area contributed by atoms with E-state index in [4.69, 9.17) is 9.47 Å². The standard InChI is InChI=1S/C17H23NO6/c1-17(2,3)24-16(21)18-11-8-12(9-11)23-14-6-5-10(7-13(14)19)15(20)22-4/h5-7,11-12,19H,8-9H2,1-4H3,(H,18,21). The van der Waals surface area contributed by atoms with Crippen molar-refractivity contribution in [2.45, 2.75) is 51.4 Å². The van der Waals surface area contributed by atoms with Crippen molar-refractivity contribution in [2.75, 3.05) is 7.11 Å². The first-order chi connectivity index (χ1) is 11.2. The molecule has 0 unspecified atom stereocenters. The molecule has 0 atom stereocenters. The van der Waals surface area contributed by atoms with Gasteiger partial charge in [0.25, 0.3) is 0 Å². The fourth-order valence-corrected chi connectivity index (χ4v) is 2.30. The summed E-state index contributed by atoms with van der Waals surface area (Å²) in [6.07, 6.45) is 0.686. The Labute approximate surface area is 140 Å². The Hall–Kier alpha value is -2.44. The Morgan fingerprint density at radius 2 is 1.92 bits per heavy atom. The molecule has 1 aliphatic carbocycles. The zero-order valence-corrected chi connectivity index (χ0v) is 14.3. The number of carbonyl (C=O) groups excluding carboxylic acids is 2. The zero-order chi connectivity index (χ0) is 17.9. The third kappa shape index (κ3) is 4.78. The molecule has 1 aromatic carbocycles. The SMILES string of the molecule is COC(=O)c1ccc(OC2CC(NC(=O)OC(C)(C)C)C2)c(O)c1. The molecule has 132 valence electrons. The van der Waals surface area contributed by atoms with Gasteiger partial charge < -0.3 is 24.6 Å². The summed E-state index contributed by atoms with van der Waals surface area (Å²) in [5.74, 6) is -0.355. The van der Waals surface area contributed by atoms with Crippen molar-refractivity contribution < 1.29 is 28.9 Å². The number of phenols is 1. The van der Waals surface area contributed by atoms with Crippen LogP contribution < -0.4 is 10.1 Å². The number of nitrogens with one attached hydrogen (secondary N) is 1. The minimum atomic E-state index is -0.531. The highest BCUT2D eigenvalue weighted by Crippen LogP contribution is 2.32. The maximum atomic E-state index is 11.7. The van der Waals surface area contributed by atoms with E-state index >= 15 is 0 Å². The highest BCUT2D eigenvalue weighted by Gasteiger charge is 2.33. The van der Waals surface area contributed by atoms with Gasteiger partial charge in [-0.05, 0) is 39.0 Å². The molecule has 0 saturated heterocycles. The van der Waals surface area contributed by atoms with E-state index in [-0.39, 0.29) is 23.5 Å². The summed E-state index contributed by atoms with van der Waals surface area (Å²) in [6, 6.07) is 4.34. The average molecular weight is 337 g/mol. The van der Waals surface area contributed by atoms with E-state index in [1.54, 1.807) is 20.8 Å². The Morgan fingerprint density at radius 3 is 2.46 bits per heavy atom. The largest absolute Gasteiger partial charge is 0.504 e. The summed E-state index contributed by atoms with van der Waals surface area (Å²) in [5.41, 5.74) is -0.280. The van der Waals surface area contributed by atoms with Gasteiger partial charge in [-0.15, -0.1) is 0 Å². The van der Waals surface area contributed by atoms with Gasteiger partial charge in [-0.1, -0.05) is 0 Å². The van der Waals surface area contributed by atoms with Crippen molar-refractivity contribution in [1.82, 2.24) is 5.32 Å². The van der Waals surface area contributed by atoms with Crippen LogP contribution in [0.2, 0.25) is 0 Å². The first kappa shape index (κ1) is 17.9. The highest BCUT2D eigenvalue weighted by molar-refractivity contribution is 5.90. The lowest BCUT2D eigenvalue weighted by Gasteiger charge is -2.36. The van der Waals surface area contributed by atoms with Gasteiger partial charge in [0.15, 0.2) is 11.5 Å². The molecule has 1 fully saturated rings. The average Bonchev–Trinajstić information content (AvgIpc) is 2.43. The third-order valence-electron chi connectivity index (χ3n) is 3.49. The number of carbonyl (C=O) groups is 2. The van der Waals surface area contributed by atoms with Crippen molar-refractivity contribution in [3.05, 3.63) is 23.8 Å². The van der Waals surface area contributed by atoms with Crippen molar-refractivity contribution >= 4 is 12.1 Å². The van der Waals surface area contributed by atoms with Crippen LogP contribution in [0.3, 0.4) is 0 Å². The molecule has 0 spiro atoms. The molecule has 0 aromatic heterocycles. The summed E-state index contributed by atoms with van der Waals surface area (Å²) in [4.78, 5) is 23.0. The van der Waals surface area contributed by atoms with Crippen molar-refractivity contribution in [3.63, 3.8) is 0 Å². The number of esters is 1. The lowest BCUT2D eigenvalue weighted by Crippen LogP contribution is -2.50. The second-order valence-electron chi connectivity index (χ2n) is 6.73. The lowest BCUT2D eigenvalue weighted by atomic mass is 9.89. The second kappa shape index (κ2) is 6.98. The number of benzene rings is 1. The normalized spacial score (nSPS) is 19.8. The number of hydrogen-bond acceptors (Lipinski definition) is 6. The Morgan fingerprint density at radius 1 is 1.25 bits per heavy atom. The fourth-order valence-electron chi connectivity index (χ4n) is 2.30. The Balaban J connectivity index is 1.81. The maximum absolute atomic E-state index is 11.7. The van der Waals surface area contributed by atoms with Gasteiger partial charge in [-0.25, -0.2) is 9.59 Å². The molecule has 1 aromatic rings. The summed E-state index contributed by atoms with van der Waals surface area (Å²) < 4.78 is 15.4. The summed E-state index contributed by atoms with van der Waals surface area (Å²) in [7, 11) is 1.27. The van der Waals surface area contributed by atoms with Crippen LogP contribution in [0, 0.1) is 0 Å². The highest BCUT2D eigenvalue weighted by atomic mass is 16.6. The van der Waals surface area contributed by atoms with Crippen LogP contribution in [0.1, 0.15) is 44.0 Å². The zero-order valence-electron chi connectivity index (χ0n) is 14.3. The molecular weight excluding hydrogens is 314 g/mol. The summed E-state index contributed by atoms with van der Waals surface area (Å²) in [6.45, 7) is 5.42. The van der Waals surface area contributed by atoms with Crippen molar-refractivity contribution in [2.24, 2.45) is 0 Å².